The predicted molar refractivity (Wildman–Crippen MR) is 96.9 cm³/mol. The Labute approximate surface area is 150 Å². The average molecular weight is 360 g/mol. The number of thiophene rings is 1. The molecule has 0 aliphatic heterocycles. The number of carbonyl (C=O) groups excluding carboxylic acids is 2. The molecule has 2 rings (SSSR count). The van der Waals surface area contributed by atoms with Crippen LogP contribution in [0.15, 0.2) is 41.8 Å². The Kier molecular flexibility index (Phi) is 7.22. The lowest BCUT2D eigenvalue weighted by molar-refractivity contribution is -0.135. The highest BCUT2D eigenvalue weighted by molar-refractivity contribution is 7.09. The van der Waals surface area contributed by atoms with Gasteiger partial charge in [-0.15, -0.1) is 11.3 Å². The van der Waals surface area contributed by atoms with Crippen molar-refractivity contribution in [2.45, 2.75) is 19.3 Å². The van der Waals surface area contributed by atoms with Crippen LogP contribution in [0.25, 0.3) is 6.08 Å². The molecular formula is C19H20O5S. The van der Waals surface area contributed by atoms with Crippen molar-refractivity contribution in [2.24, 2.45) is 0 Å². The molecule has 0 radical (unpaired) electrons. The van der Waals surface area contributed by atoms with Crippen LogP contribution in [0.3, 0.4) is 0 Å². The van der Waals surface area contributed by atoms with E-state index >= 15 is 0 Å². The van der Waals surface area contributed by atoms with Crippen LogP contribution in [0.2, 0.25) is 0 Å². The van der Waals surface area contributed by atoms with Gasteiger partial charge in [0.25, 0.3) is 0 Å². The van der Waals surface area contributed by atoms with Crippen molar-refractivity contribution in [3.8, 4) is 11.5 Å². The second-order valence-corrected chi connectivity index (χ2v) is 6.21. The molecule has 25 heavy (non-hydrogen) atoms. The van der Waals surface area contributed by atoms with Gasteiger partial charge in [0.1, 0.15) is 0 Å². The lowest BCUT2D eigenvalue weighted by atomic mass is 10.2. The van der Waals surface area contributed by atoms with Gasteiger partial charge in [0, 0.05) is 17.4 Å². The third-order valence-electron chi connectivity index (χ3n) is 3.41. The maximum atomic E-state index is 12.0. The van der Waals surface area contributed by atoms with Gasteiger partial charge in [0.2, 0.25) is 0 Å². The first-order chi connectivity index (χ1) is 12.1. The van der Waals surface area contributed by atoms with Crippen molar-refractivity contribution in [3.63, 3.8) is 0 Å². The molecule has 0 unspecified atom stereocenters. The van der Waals surface area contributed by atoms with Crippen LogP contribution in [-0.2, 0) is 20.7 Å². The van der Waals surface area contributed by atoms with Crippen molar-refractivity contribution in [3.05, 3.63) is 52.2 Å². The van der Waals surface area contributed by atoms with E-state index in [4.69, 9.17) is 9.47 Å². The molecule has 0 fully saturated rings. The van der Waals surface area contributed by atoms with Crippen molar-refractivity contribution >= 4 is 29.4 Å². The van der Waals surface area contributed by atoms with Crippen molar-refractivity contribution < 1.29 is 23.8 Å². The quantitative estimate of drug-likeness (QED) is 0.406. The number of methoxy groups -OCH3 is 2. The predicted octanol–water partition coefficient (Wildman–Crippen LogP) is 3.87. The Bertz CT molecular complexity index is 734. The van der Waals surface area contributed by atoms with Crippen LogP contribution in [0, 0.1) is 0 Å². The van der Waals surface area contributed by atoms with Gasteiger partial charge in [-0.1, -0.05) is 12.1 Å². The van der Waals surface area contributed by atoms with E-state index in [0.29, 0.717) is 17.9 Å². The van der Waals surface area contributed by atoms with Crippen molar-refractivity contribution in [1.29, 1.82) is 0 Å². The number of rotatable bonds is 8. The number of carbonyl (C=O) groups is 2. The Morgan fingerprint density at radius 3 is 2.68 bits per heavy atom. The number of ether oxygens (including phenoxy) is 3. The van der Waals surface area contributed by atoms with Crippen LogP contribution in [0.4, 0.5) is 0 Å². The molecule has 6 heteroatoms. The minimum absolute atomic E-state index is 0.298. The van der Waals surface area contributed by atoms with E-state index < -0.39 is 5.97 Å². The first-order valence-corrected chi connectivity index (χ1v) is 8.67. The van der Waals surface area contributed by atoms with Gasteiger partial charge in [0.15, 0.2) is 11.5 Å². The van der Waals surface area contributed by atoms with Gasteiger partial charge in [-0.05, 0) is 48.1 Å². The normalized spacial score (nSPS) is 10.6. The summed E-state index contributed by atoms with van der Waals surface area (Å²) in [6, 6.07) is 9.12. The topological polar surface area (TPSA) is 61.8 Å². The summed E-state index contributed by atoms with van der Waals surface area (Å²) in [5, 5.41) is 2.02. The zero-order chi connectivity index (χ0) is 18.1. The summed E-state index contributed by atoms with van der Waals surface area (Å²) in [7, 11) is 2.81. The molecule has 0 N–H and O–H groups in total. The van der Waals surface area contributed by atoms with Crippen LogP contribution >= 0.6 is 11.3 Å². The molecule has 2 aromatic rings. The molecule has 0 bridgehead atoms. The largest absolute Gasteiger partial charge is 0.493 e. The SMILES string of the molecule is COC(=O)/C=C/c1ccc(OC(=O)CCCc2cccs2)c(OC)c1. The fraction of sp³-hybridized carbons (Fsp3) is 0.263. The molecule has 0 amide bonds. The van der Waals surface area contributed by atoms with E-state index in [0.717, 1.165) is 18.4 Å². The molecule has 0 atom stereocenters. The molecule has 1 heterocycles. The number of benzene rings is 1. The van der Waals surface area contributed by atoms with Gasteiger partial charge in [-0.3, -0.25) is 4.79 Å². The highest BCUT2D eigenvalue weighted by Gasteiger charge is 2.11. The summed E-state index contributed by atoms with van der Waals surface area (Å²) < 4.78 is 15.2. The van der Waals surface area contributed by atoms with E-state index in [-0.39, 0.29) is 5.97 Å². The first kappa shape index (κ1) is 18.7. The average Bonchev–Trinajstić information content (AvgIpc) is 3.13. The summed E-state index contributed by atoms with van der Waals surface area (Å²) in [5.74, 6) is 0.0467. The van der Waals surface area contributed by atoms with E-state index in [9.17, 15) is 9.59 Å². The molecule has 1 aromatic heterocycles. The van der Waals surface area contributed by atoms with Crippen LogP contribution in [0.1, 0.15) is 23.3 Å². The molecular weight excluding hydrogens is 340 g/mol. The third kappa shape index (κ3) is 6.08. The van der Waals surface area contributed by atoms with E-state index in [1.165, 1.54) is 25.2 Å². The number of hydrogen-bond acceptors (Lipinski definition) is 6. The van der Waals surface area contributed by atoms with E-state index in [1.807, 2.05) is 11.4 Å². The Hall–Kier alpha value is -2.60. The number of aryl methyl sites for hydroxylation is 1. The second kappa shape index (κ2) is 9.64. The summed E-state index contributed by atoms with van der Waals surface area (Å²) in [4.78, 5) is 24.4. The minimum Gasteiger partial charge on any atom is -0.493 e. The molecule has 0 saturated heterocycles. The summed E-state index contributed by atoms with van der Waals surface area (Å²) in [6.45, 7) is 0. The standard InChI is InChI=1S/C19H20O5S/c1-22-17-13-14(9-11-18(20)23-2)8-10-16(17)24-19(21)7-3-5-15-6-4-12-25-15/h4,6,8-13H,3,5,7H2,1-2H3/b11-9+. The van der Waals surface area contributed by atoms with Crippen LogP contribution in [0.5, 0.6) is 11.5 Å². The molecule has 0 aliphatic carbocycles. The Morgan fingerprint density at radius 1 is 1.16 bits per heavy atom. The fourth-order valence-electron chi connectivity index (χ4n) is 2.14. The first-order valence-electron chi connectivity index (χ1n) is 7.79. The summed E-state index contributed by atoms with van der Waals surface area (Å²) in [6.07, 6.45) is 4.85. The molecule has 132 valence electrons. The van der Waals surface area contributed by atoms with Gasteiger partial charge in [0.05, 0.1) is 14.2 Å². The van der Waals surface area contributed by atoms with Gasteiger partial charge in [-0.2, -0.15) is 0 Å². The third-order valence-corrected chi connectivity index (χ3v) is 4.34. The molecule has 1 aromatic carbocycles. The van der Waals surface area contributed by atoms with Crippen LogP contribution in [-0.4, -0.2) is 26.2 Å². The highest BCUT2D eigenvalue weighted by Crippen LogP contribution is 2.29. The summed E-state index contributed by atoms with van der Waals surface area (Å²) >= 11 is 1.68. The second-order valence-electron chi connectivity index (χ2n) is 5.17. The number of esters is 2. The maximum absolute atomic E-state index is 12.0. The smallest absolute Gasteiger partial charge is 0.330 e. The maximum Gasteiger partial charge on any atom is 0.330 e. The summed E-state index contributed by atoms with van der Waals surface area (Å²) in [5.41, 5.74) is 0.736. The number of hydrogen-bond donors (Lipinski definition) is 0. The lowest BCUT2D eigenvalue weighted by Gasteiger charge is -2.10. The Balaban J connectivity index is 1.92. The van der Waals surface area contributed by atoms with Crippen LogP contribution < -0.4 is 9.47 Å². The van der Waals surface area contributed by atoms with E-state index in [1.54, 1.807) is 35.6 Å². The van der Waals surface area contributed by atoms with Crippen molar-refractivity contribution in [2.75, 3.05) is 14.2 Å². The molecule has 0 spiro atoms. The van der Waals surface area contributed by atoms with Gasteiger partial charge < -0.3 is 14.2 Å². The minimum atomic E-state index is -0.444. The molecule has 5 nitrogen and oxygen atoms in total. The highest BCUT2D eigenvalue weighted by atomic mass is 32.1. The Morgan fingerprint density at radius 2 is 2.00 bits per heavy atom. The molecule has 0 saturated carbocycles. The van der Waals surface area contributed by atoms with Crippen molar-refractivity contribution in [1.82, 2.24) is 0 Å². The lowest BCUT2D eigenvalue weighted by Crippen LogP contribution is -2.09. The zero-order valence-electron chi connectivity index (χ0n) is 14.2. The zero-order valence-corrected chi connectivity index (χ0v) is 15.0. The molecule has 0 aliphatic rings. The fourth-order valence-corrected chi connectivity index (χ4v) is 2.89. The van der Waals surface area contributed by atoms with Gasteiger partial charge >= 0.3 is 11.9 Å². The monoisotopic (exact) mass is 360 g/mol. The van der Waals surface area contributed by atoms with Gasteiger partial charge in [-0.25, -0.2) is 4.79 Å². The van der Waals surface area contributed by atoms with E-state index in [2.05, 4.69) is 10.8 Å².